The van der Waals surface area contributed by atoms with Crippen molar-refractivity contribution in [3.63, 3.8) is 0 Å². The largest absolute Gasteiger partial charge is 0.357 e. The summed E-state index contributed by atoms with van der Waals surface area (Å²) >= 11 is 0. The van der Waals surface area contributed by atoms with Gasteiger partial charge in [-0.3, -0.25) is 9.79 Å². The Morgan fingerprint density at radius 1 is 1.23 bits per heavy atom. The average molecular weight is 362 g/mol. The normalized spacial score (nSPS) is 15.7. The number of nitrogens with one attached hydrogen (secondary N) is 2. The third kappa shape index (κ3) is 7.02. The van der Waals surface area contributed by atoms with Gasteiger partial charge in [-0.25, -0.2) is 4.39 Å². The van der Waals surface area contributed by atoms with Gasteiger partial charge in [0.1, 0.15) is 5.82 Å². The van der Waals surface area contributed by atoms with Gasteiger partial charge in [-0.1, -0.05) is 24.6 Å². The molecule has 144 valence electrons. The third-order valence-corrected chi connectivity index (χ3v) is 4.52. The van der Waals surface area contributed by atoms with E-state index in [1.54, 1.807) is 12.1 Å². The number of guanidine groups is 1. The number of hydrogen-bond acceptors (Lipinski definition) is 2. The lowest BCUT2D eigenvalue weighted by Gasteiger charge is -2.20. The van der Waals surface area contributed by atoms with Gasteiger partial charge < -0.3 is 15.5 Å². The maximum absolute atomic E-state index is 13.6. The highest BCUT2D eigenvalue weighted by molar-refractivity contribution is 5.79. The van der Waals surface area contributed by atoms with E-state index in [1.165, 1.54) is 6.07 Å². The van der Waals surface area contributed by atoms with Gasteiger partial charge >= 0.3 is 0 Å². The van der Waals surface area contributed by atoms with E-state index < -0.39 is 0 Å². The maximum Gasteiger partial charge on any atom is 0.222 e. The fourth-order valence-electron chi connectivity index (χ4n) is 3.09. The summed E-state index contributed by atoms with van der Waals surface area (Å²) in [6, 6.07) is 6.84. The standard InChI is InChI=1S/C20H31FN4O/c1-2-22-20(24-14-12-17-9-5-6-10-18(17)21)23-13-8-16-25-15-7-3-4-11-19(25)26/h5-6,9-10H,2-4,7-8,11-16H2,1H3,(H2,22,23,24). The van der Waals surface area contributed by atoms with Crippen LogP contribution in [0.2, 0.25) is 0 Å². The molecular weight excluding hydrogens is 331 g/mol. The predicted octanol–water partition coefficient (Wildman–Crippen LogP) is 2.72. The lowest BCUT2D eigenvalue weighted by atomic mass is 10.1. The van der Waals surface area contributed by atoms with Crippen LogP contribution >= 0.6 is 0 Å². The summed E-state index contributed by atoms with van der Waals surface area (Å²) in [5, 5.41) is 6.45. The van der Waals surface area contributed by atoms with Gasteiger partial charge in [0.05, 0.1) is 0 Å². The fourth-order valence-corrected chi connectivity index (χ4v) is 3.09. The molecule has 0 radical (unpaired) electrons. The van der Waals surface area contributed by atoms with Gasteiger partial charge in [0.25, 0.3) is 0 Å². The molecule has 0 atom stereocenters. The van der Waals surface area contributed by atoms with Crippen molar-refractivity contribution in [1.29, 1.82) is 0 Å². The Morgan fingerprint density at radius 3 is 2.88 bits per heavy atom. The predicted molar refractivity (Wildman–Crippen MR) is 104 cm³/mol. The molecule has 0 unspecified atom stereocenters. The van der Waals surface area contributed by atoms with Gasteiger partial charge in [0.2, 0.25) is 5.91 Å². The van der Waals surface area contributed by atoms with Gasteiger partial charge in [-0.15, -0.1) is 0 Å². The highest BCUT2D eigenvalue weighted by atomic mass is 19.1. The topological polar surface area (TPSA) is 56.7 Å². The minimum Gasteiger partial charge on any atom is -0.357 e. The van der Waals surface area contributed by atoms with Crippen LogP contribution in [0.1, 0.15) is 44.6 Å². The number of carbonyl (C=O) groups excluding carboxylic acids is 1. The molecular formula is C20H31FN4O. The highest BCUT2D eigenvalue weighted by Gasteiger charge is 2.15. The molecule has 1 amide bonds. The van der Waals surface area contributed by atoms with E-state index in [0.29, 0.717) is 31.5 Å². The van der Waals surface area contributed by atoms with Crippen molar-refractivity contribution in [2.75, 3.05) is 32.7 Å². The van der Waals surface area contributed by atoms with Crippen LogP contribution in [0.25, 0.3) is 0 Å². The highest BCUT2D eigenvalue weighted by Crippen LogP contribution is 2.11. The Labute approximate surface area is 156 Å². The van der Waals surface area contributed by atoms with Crippen molar-refractivity contribution >= 4 is 11.9 Å². The van der Waals surface area contributed by atoms with Crippen LogP contribution in [0.15, 0.2) is 29.3 Å². The summed E-state index contributed by atoms with van der Waals surface area (Å²) in [5.41, 5.74) is 0.704. The summed E-state index contributed by atoms with van der Waals surface area (Å²) in [7, 11) is 0. The molecule has 2 N–H and O–H groups in total. The summed E-state index contributed by atoms with van der Waals surface area (Å²) in [4.78, 5) is 18.5. The van der Waals surface area contributed by atoms with Gasteiger partial charge in [0, 0.05) is 39.1 Å². The molecule has 0 aliphatic carbocycles. The minimum absolute atomic E-state index is 0.168. The molecule has 6 heteroatoms. The first-order valence-corrected chi connectivity index (χ1v) is 9.74. The van der Waals surface area contributed by atoms with Crippen molar-refractivity contribution < 1.29 is 9.18 Å². The number of carbonyl (C=O) groups is 1. The van der Waals surface area contributed by atoms with E-state index in [2.05, 4.69) is 15.6 Å². The van der Waals surface area contributed by atoms with Crippen molar-refractivity contribution in [2.24, 2.45) is 4.99 Å². The van der Waals surface area contributed by atoms with E-state index >= 15 is 0 Å². The molecule has 2 rings (SSSR count). The Morgan fingerprint density at radius 2 is 2.08 bits per heavy atom. The number of nitrogens with zero attached hydrogens (tertiary/aromatic N) is 2. The number of rotatable bonds is 8. The van der Waals surface area contributed by atoms with Gasteiger partial charge in [-0.05, 0) is 44.2 Å². The van der Waals surface area contributed by atoms with Crippen molar-refractivity contribution in [3.8, 4) is 0 Å². The first-order valence-electron chi connectivity index (χ1n) is 9.74. The molecule has 1 heterocycles. The maximum atomic E-state index is 13.6. The Balaban J connectivity index is 1.73. The summed E-state index contributed by atoms with van der Waals surface area (Å²) in [6.07, 6.45) is 5.43. The molecule has 0 spiro atoms. The SMILES string of the molecule is CCNC(=NCCCN1CCCCCC1=O)NCCc1ccccc1F. The van der Waals surface area contributed by atoms with Crippen LogP contribution in [-0.4, -0.2) is 49.5 Å². The second-order valence-electron chi connectivity index (χ2n) is 6.57. The van der Waals surface area contributed by atoms with Crippen molar-refractivity contribution in [3.05, 3.63) is 35.6 Å². The molecule has 1 aromatic rings. The molecule has 1 aliphatic rings. The second-order valence-corrected chi connectivity index (χ2v) is 6.57. The molecule has 1 fully saturated rings. The second kappa shape index (κ2) is 11.5. The van der Waals surface area contributed by atoms with Crippen LogP contribution < -0.4 is 10.6 Å². The molecule has 0 bridgehead atoms. The Kier molecular flexibility index (Phi) is 8.93. The molecule has 1 saturated heterocycles. The lowest BCUT2D eigenvalue weighted by Crippen LogP contribution is -2.38. The molecule has 1 aliphatic heterocycles. The number of amides is 1. The van der Waals surface area contributed by atoms with E-state index in [9.17, 15) is 9.18 Å². The van der Waals surface area contributed by atoms with Crippen LogP contribution in [0.3, 0.4) is 0 Å². The van der Waals surface area contributed by atoms with Gasteiger partial charge in [0.15, 0.2) is 5.96 Å². The number of halogens is 1. The summed E-state index contributed by atoms with van der Waals surface area (Å²) in [5.74, 6) is 0.853. The van der Waals surface area contributed by atoms with Crippen molar-refractivity contribution in [1.82, 2.24) is 15.5 Å². The van der Waals surface area contributed by atoms with Crippen LogP contribution in [-0.2, 0) is 11.2 Å². The quantitative estimate of drug-likeness (QED) is 0.425. The number of likely N-dealkylation sites (tertiary alicyclic amines) is 1. The van der Waals surface area contributed by atoms with E-state index in [1.807, 2.05) is 17.9 Å². The molecule has 0 saturated carbocycles. The average Bonchev–Trinajstić information content (AvgIpc) is 2.84. The number of benzene rings is 1. The zero-order valence-corrected chi connectivity index (χ0v) is 15.8. The monoisotopic (exact) mass is 362 g/mol. The molecule has 1 aromatic carbocycles. The van der Waals surface area contributed by atoms with Crippen LogP contribution in [0.5, 0.6) is 0 Å². The Hall–Kier alpha value is -2.11. The molecule has 5 nitrogen and oxygen atoms in total. The first-order chi connectivity index (χ1) is 12.7. The number of hydrogen-bond donors (Lipinski definition) is 2. The van der Waals surface area contributed by atoms with E-state index in [-0.39, 0.29) is 11.7 Å². The van der Waals surface area contributed by atoms with Crippen LogP contribution in [0.4, 0.5) is 4.39 Å². The first kappa shape index (κ1) is 20.2. The zero-order valence-electron chi connectivity index (χ0n) is 15.8. The number of aliphatic imine (C=N–C) groups is 1. The molecule has 26 heavy (non-hydrogen) atoms. The third-order valence-electron chi connectivity index (χ3n) is 4.52. The minimum atomic E-state index is -0.168. The van der Waals surface area contributed by atoms with E-state index in [0.717, 1.165) is 51.3 Å². The summed E-state index contributed by atoms with van der Waals surface area (Å²) in [6.45, 7) is 5.73. The zero-order chi connectivity index (χ0) is 18.6. The smallest absolute Gasteiger partial charge is 0.222 e. The van der Waals surface area contributed by atoms with Crippen molar-refractivity contribution in [2.45, 2.75) is 45.4 Å². The molecule has 0 aromatic heterocycles. The summed E-state index contributed by atoms with van der Waals surface area (Å²) < 4.78 is 13.6. The fraction of sp³-hybridized carbons (Fsp3) is 0.600. The Bertz CT molecular complexity index is 591. The van der Waals surface area contributed by atoms with Gasteiger partial charge in [-0.2, -0.15) is 0 Å². The van der Waals surface area contributed by atoms with Crippen LogP contribution in [0, 0.1) is 5.82 Å². The van der Waals surface area contributed by atoms with E-state index in [4.69, 9.17) is 0 Å². The lowest BCUT2D eigenvalue weighted by molar-refractivity contribution is -0.130.